The number of amides is 1. The largest absolute Gasteiger partial charge is 0.507 e. The van der Waals surface area contributed by atoms with E-state index >= 15 is 0 Å². The van der Waals surface area contributed by atoms with Crippen LogP contribution in [-0.2, 0) is 9.59 Å². The first kappa shape index (κ1) is 18.8. The molecule has 1 unspecified atom stereocenters. The quantitative estimate of drug-likeness (QED) is 0.496. The van der Waals surface area contributed by atoms with Crippen LogP contribution in [-0.4, -0.2) is 33.2 Å². The number of hydrogen-bond acceptors (Lipinski definition) is 4. The van der Waals surface area contributed by atoms with E-state index in [4.69, 9.17) is 0 Å². The van der Waals surface area contributed by atoms with E-state index in [1.165, 1.54) is 0 Å². The number of pyridine rings is 1. The molecule has 3 rings (SSSR count). The monoisotopic (exact) mass is 364 g/mol. The van der Waals surface area contributed by atoms with Crippen molar-refractivity contribution in [3.05, 3.63) is 70.6 Å². The number of ketones is 1. The van der Waals surface area contributed by atoms with Crippen molar-refractivity contribution < 1.29 is 14.7 Å². The van der Waals surface area contributed by atoms with Crippen molar-refractivity contribution in [3.63, 3.8) is 0 Å². The number of aliphatic hydroxyl groups is 1. The number of unbranched alkanes of at least 4 members (excludes halogenated alkanes) is 1. The molecule has 0 spiro atoms. The summed E-state index contributed by atoms with van der Waals surface area (Å²) < 4.78 is 0. The van der Waals surface area contributed by atoms with E-state index < -0.39 is 17.7 Å². The van der Waals surface area contributed by atoms with Gasteiger partial charge in [0.25, 0.3) is 11.7 Å². The second-order valence-corrected chi connectivity index (χ2v) is 6.93. The van der Waals surface area contributed by atoms with Gasteiger partial charge in [0.15, 0.2) is 0 Å². The molecule has 0 radical (unpaired) electrons. The zero-order chi connectivity index (χ0) is 19.6. The Morgan fingerprint density at radius 1 is 1.19 bits per heavy atom. The summed E-state index contributed by atoms with van der Waals surface area (Å²) in [6.45, 7) is 6.43. The van der Waals surface area contributed by atoms with Crippen LogP contribution in [0.2, 0.25) is 0 Å². The smallest absolute Gasteiger partial charge is 0.295 e. The molecule has 1 saturated heterocycles. The molecule has 0 aliphatic carbocycles. The summed E-state index contributed by atoms with van der Waals surface area (Å²) in [5.41, 5.74) is 3.50. The first-order valence-electron chi connectivity index (χ1n) is 9.21. The zero-order valence-corrected chi connectivity index (χ0v) is 15.9. The van der Waals surface area contributed by atoms with E-state index in [0.717, 1.165) is 29.5 Å². The minimum absolute atomic E-state index is 0.132. The average Bonchev–Trinajstić information content (AvgIpc) is 2.93. The third-order valence-electron chi connectivity index (χ3n) is 5.07. The molecule has 2 aromatic rings. The molecule has 1 amide bonds. The van der Waals surface area contributed by atoms with Crippen LogP contribution in [0.4, 0.5) is 0 Å². The number of carbonyl (C=O) groups excluding carboxylic acids is 2. The molecular weight excluding hydrogens is 340 g/mol. The number of hydrogen-bond donors (Lipinski definition) is 1. The number of benzene rings is 1. The van der Waals surface area contributed by atoms with Crippen molar-refractivity contribution in [3.8, 4) is 0 Å². The van der Waals surface area contributed by atoms with Gasteiger partial charge in [-0.15, -0.1) is 0 Å². The number of Topliss-reactive ketones (excluding diaryl/α,β-unsaturated/α-hetero) is 1. The summed E-state index contributed by atoms with van der Waals surface area (Å²) in [5.74, 6) is -1.34. The Morgan fingerprint density at radius 3 is 2.59 bits per heavy atom. The maximum Gasteiger partial charge on any atom is 0.295 e. The van der Waals surface area contributed by atoms with Crippen LogP contribution >= 0.6 is 0 Å². The van der Waals surface area contributed by atoms with Crippen molar-refractivity contribution in [1.82, 2.24) is 9.88 Å². The predicted octanol–water partition coefficient (Wildman–Crippen LogP) is 3.92. The van der Waals surface area contributed by atoms with Gasteiger partial charge in [0.05, 0.1) is 11.6 Å². The average molecular weight is 364 g/mol. The summed E-state index contributed by atoms with van der Waals surface area (Å²) in [6.07, 6.45) is 4.97. The Labute approximate surface area is 159 Å². The maximum atomic E-state index is 12.8. The second-order valence-electron chi connectivity index (χ2n) is 6.93. The van der Waals surface area contributed by atoms with Crippen LogP contribution in [0.15, 0.2) is 48.3 Å². The van der Waals surface area contributed by atoms with E-state index in [0.29, 0.717) is 12.1 Å². The number of rotatable bonds is 5. The number of aromatic nitrogens is 1. The molecule has 1 N–H and O–H groups in total. The Hall–Kier alpha value is -2.95. The summed E-state index contributed by atoms with van der Waals surface area (Å²) in [4.78, 5) is 31.2. The molecule has 5 heteroatoms. The number of nitrogens with zero attached hydrogens (tertiary/aromatic N) is 2. The summed E-state index contributed by atoms with van der Waals surface area (Å²) >= 11 is 0. The first-order valence-corrected chi connectivity index (χ1v) is 9.21. The first-order chi connectivity index (χ1) is 13.0. The van der Waals surface area contributed by atoms with Crippen molar-refractivity contribution in [2.24, 2.45) is 0 Å². The second kappa shape index (κ2) is 7.74. The Morgan fingerprint density at radius 2 is 1.96 bits per heavy atom. The third-order valence-corrected chi connectivity index (χ3v) is 5.07. The van der Waals surface area contributed by atoms with E-state index in [-0.39, 0.29) is 11.3 Å². The maximum absolute atomic E-state index is 12.8. The van der Waals surface area contributed by atoms with Crippen LogP contribution in [0.3, 0.4) is 0 Å². The fourth-order valence-electron chi connectivity index (χ4n) is 3.37. The highest BCUT2D eigenvalue weighted by Gasteiger charge is 2.45. The number of aliphatic hydroxyl groups excluding tert-OH is 1. The lowest BCUT2D eigenvalue weighted by Crippen LogP contribution is -2.30. The number of likely N-dealkylation sites (tertiary alicyclic amines) is 1. The highest BCUT2D eigenvalue weighted by atomic mass is 16.3. The van der Waals surface area contributed by atoms with Gasteiger partial charge in [-0.2, -0.15) is 0 Å². The number of carbonyl (C=O) groups is 2. The summed E-state index contributed by atoms with van der Waals surface area (Å²) in [6, 6.07) is 8.49. The molecule has 1 aromatic heterocycles. The zero-order valence-electron chi connectivity index (χ0n) is 15.9. The predicted molar refractivity (Wildman–Crippen MR) is 104 cm³/mol. The van der Waals surface area contributed by atoms with Crippen molar-refractivity contribution in [2.45, 2.75) is 39.7 Å². The fourth-order valence-corrected chi connectivity index (χ4v) is 3.37. The lowest BCUT2D eigenvalue weighted by atomic mass is 9.95. The standard InChI is InChI=1S/C22H24N2O3/c1-4-5-11-24-19(17-7-6-10-23-13-17)18(21(26)22(24)27)20(25)16-9-8-14(2)15(3)12-16/h6-10,12-13,19,25H,4-5,11H2,1-3H3/b20-18-. The van der Waals surface area contributed by atoms with Crippen molar-refractivity contribution in [2.75, 3.05) is 6.54 Å². The van der Waals surface area contributed by atoms with Gasteiger partial charge in [0.1, 0.15) is 5.76 Å². The van der Waals surface area contributed by atoms with Gasteiger partial charge in [-0.25, -0.2) is 0 Å². The van der Waals surface area contributed by atoms with Gasteiger partial charge in [0, 0.05) is 24.5 Å². The molecule has 1 atom stereocenters. The molecule has 1 aliphatic heterocycles. The van der Waals surface area contributed by atoms with E-state index in [9.17, 15) is 14.7 Å². The Balaban J connectivity index is 2.16. The van der Waals surface area contributed by atoms with E-state index in [2.05, 4.69) is 4.98 Å². The summed E-state index contributed by atoms with van der Waals surface area (Å²) in [5, 5.41) is 11.0. The Kier molecular flexibility index (Phi) is 5.40. The normalized spacial score (nSPS) is 18.9. The summed E-state index contributed by atoms with van der Waals surface area (Å²) in [7, 11) is 0. The van der Waals surface area contributed by atoms with Gasteiger partial charge in [-0.1, -0.05) is 31.5 Å². The van der Waals surface area contributed by atoms with Crippen molar-refractivity contribution >= 4 is 17.4 Å². The topological polar surface area (TPSA) is 70.5 Å². The molecule has 1 aromatic carbocycles. The van der Waals surface area contributed by atoms with Gasteiger partial charge in [-0.3, -0.25) is 14.6 Å². The SMILES string of the molecule is CCCCN1C(=O)C(=O)/C(=C(\O)c2ccc(C)c(C)c2)C1c1cccnc1. The highest BCUT2D eigenvalue weighted by molar-refractivity contribution is 6.46. The number of aryl methyl sites for hydroxylation is 2. The van der Waals surface area contributed by atoms with Crippen LogP contribution in [0.1, 0.15) is 48.1 Å². The Bertz CT molecular complexity index is 903. The molecule has 27 heavy (non-hydrogen) atoms. The lowest BCUT2D eigenvalue weighted by molar-refractivity contribution is -0.139. The van der Waals surface area contributed by atoms with Crippen LogP contribution in [0, 0.1) is 13.8 Å². The van der Waals surface area contributed by atoms with Crippen LogP contribution in [0.5, 0.6) is 0 Å². The molecule has 2 heterocycles. The molecular formula is C22H24N2O3. The van der Waals surface area contributed by atoms with E-state index in [1.54, 1.807) is 29.4 Å². The van der Waals surface area contributed by atoms with Gasteiger partial charge >= 0.3 is 0 Å². The highest BCUT2D eigenvalue weighted by Crippen LogP contribution is 2.39. The van der Waals surface area contributed by atoms with Crippen LogP contribution < -0.4 is 0 Å². The minimum atomic E-state index is -0.643. The van der Waals surface area contributed by atoms with Gasteiger partial charge in [-0.05, 0) is 49.1 Å². The molecule has 1 aliphatic rings. The molecule has 5 nitrogen and oxygen atoms in total. The van der Waals surface area contributed by atoms with Gasteiger partial charge < -0.3 is 10.0 Å². The van der Waals surface area contributed by atoms with Crippen LogP contribution in [0.25, 0.3) is 5.76 Å². The third kappa shape index (κ3) is 3.50. The molecule has 140 valence electrons. The molecule has 0 bridgehead atoms. The fraction of sp³-hybridized carbons (Fsp3) is 0.318. The molecule has 0 saturated carbocycles. The van der Waals surface area contributed by atoms with Gasteiger partial charge in [0.2, 0.25) is 0 Å². The molecule has 1 fully saturated rings. The van der Waals surface area contributed by atoms with E-state index in [1.807, 2.05) is 39.0 Å². The lowest BCUT2D eigenvalue weighted by Gasteiger charge is -2.24. The minimum Gasteiger partial charge on any atom is -0.507 e. The van der Waals surface area contributed by atoms with Crippen molar-refractivity contribution in [1.29, 1.82) is 0 Å².